The molecule has 0 radical (unpaired) electrons. The van der Waals surface area contributed by atoms with Crippen molar-refractivity contribution in [2.45, 2.75) is 13.3 Å². The van der Waals surface area contributed by atoms with Crippen molar-refractivity contribution in [2.75, 3.05) is 7.11 Å². The lowest BCUT2D eigenvalue weighted by atomic mass is 9.97. The van der Waals surface area contributed by atoms with E-state index in [1.807, 2.05) is 13.0 Å². The van der Waals surface area contributed by atoms with Crippen LogP contribution in [0.15, 0.2) is 12.1 Å². The first-order valence-corrected chi connectivity index (χ1v) is 4.78. The highest BCUT2D eigenvalue weighted by molar-refractivity contribution is 5.93. The number of aryl methyl sites for hydroxylation is 1. The zero-order chi connectivity index (χ0) is 12.1. The third-order valence-electron chi connectivity index (χ3n) is 2.29. The second-order valence-corrected chi connectivity index (χ2v) is 3.17. The molecule has 0 fully saturated rings. The number of methoxy groups -OCH3 is 1. The summed E-state index contributed by atoms with van der Waals surface area (Å²) in [7, 11) is 1.27. The molecule has 1 aromatic rings. The van der Waals surface area contributed by atoms with Crippen molar-refractivity contribution in [3.63, 3.8) is 0 Å². The molecule has 0 aliphatic rings. The SMILES string of the molecule is CCc1cc(C(=O)OC)cc(C=O)c1C#N. The van der Waals surface area contributed by atoms with E-state index in [1.165, 1.54) is 13.2 Å². The Balaban J connectivity index is 3.44. The number of benzene rings is 1. The molecule has 82 valence electrons. The number of carbonyl (C=O) groups excluding carboxylic acids is 2. The maximum absolute atomic E-state index is 11.3. The van der Waals surface area contributed by atoms with Gasteiger partial charge in [0.05, 0.1) is 18.2 Å². The molecule has 1 aromatic carbocycles. The van der Waals surface area contributed by atoms with E-state index < -0.39 is 5.97 Å². The van der Waals surface area contributed by atoms with Crippen molar-refractivity contribution in [2.24, 2.45) is 0 Å². The quantitative estimate of drug-likeness (QED) is 0.571. The zero-order valence-electron chi connectivity index (χ0n) is 9.11. The van der Waals surface area contributed by atoms with E-state index in [0.717, 1.165) is 0 Å². The fourth-order valence-electron chi connectivity index (χ4n) is 1.47. The normalized spacial score (nSPS) is 9.31. The van der Waals surface area contributed by atoms with Crippen molar-refractivity contribution in [3.05, 3.63) is 34.4 Å². The number of hydrogen-bond acceptors (Lipinski definition) is 4. The van der Waals surface area contributed by atoms with Crippen LogP contribution in [0.2, 0.25) is 0 Å². The van der Waals surface area contributed by atoms with E-state index in [1.54, 1.807) is 6.07 Å². The smallest absolute Gasteiger partial charge is 0.337 e. The molecule has 0 amide bonds. The molecule has 0 saturated heterocycles. The molecule has 0 unspecified atom stereocenters. The Labute approximate surface area is 93.5 Å². The number of carbonyl (C=O) groups is 2. The van der Waals surface area contributed by atoms with E-state index in [9.17, 15) is 9.59 Å². The standard InChI is InChI=1S/C12H11NO3/c1-3-8-4-9(12(15)16-2)5-10(7-14)11(8)6-13/h4-5,7H,3H2,1-2H3. The fraction of sp³-hybridized carbons (Fsp3) is 0.250. The monoisotopic (exact) mass is 217 g/mol. The Morgan fingerprint density at radius 3 is 2.69 bits per heavy atom. The van der Waals surface area contributed by atoms with Gasteiger partial charge in [-0.2, -0.15) is 5.26 Å². The van der Waals surface area contributed by atoms with Crippen LogP contribution in [-0.4, -0.2) is 19.4 Å². The van der Waals surface area contributed by atoms with Crippen LogP contribution in [0, 0.1) is 11.3 Å². The summed E-state index contributed by atoms with van der Waals surface area (Å²) < 4.78 is 4.57. The summed E-state index contributed by atoms with van der Waals surface area (Å²) >= 11 is 0. The van der Waals surface area contributed by atoms with E-state index >= 15 is 0 Å². The number of ether oxygens (including phenoxy) is 1. The number of aldehydes is 1. The molecular weight excluding hydrogens is 206 g/mol. The average Bonchev–Trinajstić information content (AvgIpc) is 2.35. The van der Waals surface area contributed by atoms with Crippen LogP contribution in [0.1, 0.15) is 38.8 Å². The minimum Gasteiger partial charge on any atom is -0.465 e. The van der Waals surface area contributed by atoms with Crippen molar-refractivity contribution in [1.29, 1.82) is 5.26 Å². The Bertz CT molecular complexity index is 472. The molecule has 0 heterocycles. The van der Waals surface area contributed by atoms with Crippen molar-refractivity contribution in [3.8, 4) is 6.07 Å². The Morgan fingerprint density at radius 2 is 2.25 bits per heavy atom. The van der Waals surface area contributed by atoms with Crippen LogP contribution in [0.5, 0.6) is 0 Å². The van der Waals surface area contributed by atoms with Crippen molar-refractivity contribution < 1.29 is 14.3 Å². The molecule has 4 nitrogen and oxygen atoms in total. The molecule has 1 rings (SSSR count). The molecular formula is C12H11NO3. The molecule has 0 saturated carbocycles. The lowest BCUT2D eigenvalue weighted by Gasteiger charge is -2.06. The number of esters is 1. The predicted octanol–water partition coefficient (Wildman–Crippen LogP) is 1.72. The van der Waals surface area contributed by atoms with Crippen LogP contribution < -0.4 is 0 Å². The lowest BCUT2D eigenvalue weighted by Crippen LogP contribution is -2.05. The zero-order valence-corrected chi connectivity index (χ0v) is 9.11. The van der Waals surface area contributed by atoms with Crippen LogP contribution in [0.3, 0.4) is 0 Å². The van der Waals surface area contributed by atoms with Gasteiger partial charge in [-0.05, 0) is 24.1 Å². The van der Waals surface area contributed by atoms with Gasteiger partial charge in [-0.25, -0.2) is 4.79 Å². The van der Waals surface area contributed by atoms with Crippen LogP contribution in [0.25, 0.3) is 0 Å². The summed E-state index contributed by atoms with van der Waals surface area (Å²) in [6.45, 7) is 1.85. The third-order valence-corrected chi connectivity index (χ3v) is 2.29. The topological polar surface area (TPSA) is 67.2 Å². The molecule has 0 bridgehead atoms. The van der Waals surface area contributed by atoms with Crippen molar-refractivity contribution >= 4 is 12.3 Å². The summed E-state index contributed by atoms with van der Waals surface area (Å²) in [6.07, 6.45) is 1.15. The highest BCUT2D eigenvalue weighted by Gasteiger charge is 2.13. The van der Waals surface area contributed by atoms with Gasteiger partial charge in [0.1, 0.15) is 6.07 Å². The third kappa shape index (κ3) is 2.09. The van der Waals surface area contributed by atoms with Gasteiger partial charge >= 0.3 is 5.97 Å². The minimum atomic E-state index is -0.512. The summed E-state index contributed by atoms with van der Waals surface area (Å²) in [5, 5.41) is 8.92. The first kappa shape index (κ1) is 11.9. The fourth-order valence-corrected chi connectivity index (χ4v) is 1.47. The van der Waals surface area contributed by atoms with Gasteiger partial charge in [0.25, 0.3) is 0 Å². The average molecular weight is 217 g/mol. The van der Waals surface area contributed by atoms with Gasteiger partial charge < -0.3 is 4.74 Å². The van der Waals surface area contributed by atoms with Crippen LogP contribution >= 0.6 is 0 Å². The van der Waals surface area contributed by atoms with Crippen LogP contribution in [0.4, 0.5) is 0 Å². The first-order valence-electron chi connectivity index (χ1n) is 4.78. The van der Waals surface area contributed by atoms with Crippen LogP contribution in [-0.2, 0) is 11.2 Å². The predicted molar refractivity (Wildman–Crippen MR) is 57.3 cm³/mol. The Kier molecular flexibility index (Phi) is 3.78. The van der Waals surface area contributed by atoms with E-state index in [-0.39, 0.29) is 5.56 Å². The summed E-state index contributed by atoms with van der Waals surface area (Å²) in [5.74, 6) is -0.512. The second kappa shape index (κ2) is 5.08. The van der Waals surface area contributed by atoms with E-state index in [0.29, 0.717) is 29.4 Å². The first-order chi connectivity index (χ1) is 7.67. The second-order valence-electron chi connectivity index (χ2n) is 3.17. The molecule has 0 spiro atoms. The molecule has 0 aromatic heterocycles. The Hall–Kier alpha value is -2.15. The van der Waals surface area contributed by atoms with Gasteiger partial charge in [0.15, 0.2) is 6.29 Å². The molecule has 4 heteroatoms. The number of nitriles is 1. The molecule has 0 atom stereocenters. The lowest BCUT2D eigenvalue weighted by molar-refractivity contribution is 0.0600. The number of rotatable bonds is 3. The summed E-state index contributed by atoms with van der Waals surface area (Å²) in [4.78, 5) is 22.1. The molecule has 0 N–H and O–H groups in total. The largest absolute Gasteiger partial charge is 0.465 e. The highest BCUT2D eigenvalue weighted by atomic mass is 16.5. The van der Waals surface area contributed by atoms with E-state index in [4.69, 9.17) is 5.26 Å². The molecule has 16 heavy (non-hydrogen) atoms. The summed E-state index contributed by atoms with van der Waals surface area (Å²) in [6, 6.07) is 4.92. The molecule has 0 aliphatic carbocycles. The van der Waals surface area contributed by atoms with Gasteiger partial charge in [-0.3, -0.25) is 4.79 Å². The Morgan fingerprint density at radius 1 is 1.56 bits per heavy atom. The number of hydrogen-bond donors (Lipinski definition) is 0. The maximum Gasteiger partial charge on any atom is 0.337 e. The highest BCUT2D eigenvalue weighted by Crippen LogP contribution is 2.17. The number of nitrogens with zero attached hydrogens (tertiary/aromatic N) is 1. The summed E-state index contributed by atoms with van der Waals surface area (Å²) in [5.41, 5.74) is 1.51. The molecule has 0 aliphatic heterocycles. The maximum atomic E-state index is 11.3. The van der Waals surface area contributed by atoms with Gasteiger partial charge in [0.2, 0.25) is 0 Å². The van der Waals surface area contributed by atoms with Gasteiger partial charge in [-0.15, -0.1) is 0 Å². The van der Waals surface area contributed by atoms with Crippen molar-refractivity contribution in [1.82, 2.24) is 0 Å². The van der Waals surface area contributed by atoms with Gasteiger partial charge in [0, 0.05) is 5.56 Å². The van der Waals surface area contributed by atoms with E-state index in [2.05, 4.69) is 4.74 Å². The minimum absolute atomic E-state index is 0.224. The van der Waals surface area contributed by atoms with Gasteiger partial charge in [-0.1, -0.05) is 6.92 Å².